The van der Waals surface area contributed by atoms with E-state index < -0.39 is 0 Å². The Hall–Kier alpha value is -0.870. The highest BCUT2D eigenvalue weighted by molar-refractivity contribution is 9.10. The lowest BCUT2D eigenvalue weighted by atomic mass is 10.1. The Balaban J connectivity index is 2.62. The van der Waals surface area contributed by atoms with Gasteiger partial charge in [-0.05, 0) is 34.0 Å². The van der Waals surface area contributed by atoms with E-state index in [9.17, 15) is 4.39 Å². The predicted molar refractivity (Wildman–Crippen MR) is 70.8 cm³/mol. The van der Waals surface area contributed by atoms with Gasteiger partial charge in [0.15, 0.2) is 0 Å². The smallest absolute Gasteiger partial charge is 0.134 e. The third kappa shape index (κ3) is 2.24. The van der Waals surface area contributed by atoms with Crippen molar-refractivity contribution < 1.29 is 4.39 Å². The number of H-pyrrole nitrogens is 1. The number of hydrogen-bond acceptors (Lipinski definition) is 1. The molecule has 5 heteroatoms. The molecule has 2 rings (SSSR count). The molecule has 90 valence electrons. The zero-order chi connectivity index (χ0) is 12.6. The van der Waals surface area contributed by atoms with Crippen molar-refractivity contribution in [2.24, 2.45) is 0 Å². The third-order valence-electron chi connectivity index (χ3n) is 2.51. The molecule has 0 atom stereocenters. The number of nitrogens with one attached hydrogen (secondary N) is 1. The summed E-state index contributed by atoms with van der Waals surface area (Å²) in [6.07, 6.45) is 0. The Kier molecular flexibility index (Phi) is 3.54. The van der Waals surface area contributed by atoms with Crippen LogP contribution in [0.4, 0.5) is 4.39 Å². The molecule has 0 aliphatic carbocycles. The van der Waals surface area contributed by atoms with E-state index in [1.165, 1.54) is 6.07 Å². The van der Waals surface area contributed by atoms with Crippen LogP contribution in [0.5, 0.6) is 0 Å². The van der Waals surface area contributed by atoms with Crippen LogP contribution in [0.1, 0.15) is 25.5 Å². The Labute approximate surface area is 112 Å². The summed E-state index contributed by atoms with van der Waals surface area (Å²) in [4.78, 5) is 0. The van der Waals surface area contributed by atoms with E-state index in [4.69, 9.17) is 11.6 Å². The van der Waals surface area contributed by atoms with Crippen molar-refractivity contribution in [3.8, 4) is 11.3 Å². The molecule has 0 aliphatic heterocycles. The van der Waals surface area contributed by atoms with E-state index in [1.807, 2.05) is 13.8 Å². The highest BCUT2D eigenvalue weighted by Crippen LogP contribution is 2.37. The fourth-order valence-corrected chi connectivity index (χ4v) is 2.70. The topological polar surface area (TPSA) is 28.7 Å². The molecular weight excluding hydrogens is 307 g/mol. The van der Waals surface area contributed by atoms with Crippen LogP contribution in [-0.2, 0) is 0 Å². The van der Waals surface area contributed by atoms with E-state index >= 15 is 0 Å². The molecule has 0 fully saturated rings. The largest absolute Gasteiger partial charge is 0.280 e. The maximum atomic E-state index is 13.8. The molecule has 2 aromatic rings. The lowest BCUT2D eigenvalue weighted by Crippen LogP contribution is -1.88. The zero-order valence-electron chi connectivity index (χ0n) is 9.39. The zero-order valence-corrected chi connectivity index (χ0v) is 11.7. The molecule has 1 aromatic carbocycles. The number of nitrogens with zero attached hydrogens (tertiary/aromatic N) is 1. The number of aromatic nitrogens is 2. The van der Waals surface area contributed by atoms with Crippen LogP contribution in [0.2, 0.25) is 5.02 Å². The van der Waals surface area contributed by atoms with Gasteiger partial charge in [0, 0.05) is 0 Å². The van der Waals surface area contributed by atoms with Crippen LogP contribution in [0.3, 0.4) is 0 Å². The first kappa shape index (κ1) is 12.6. The average Bonchev–Trinajstić information content (AvgIpc) is 2.61. The summed E-state index contributed by atoms with van der Waals surface area (Å²) in [5.74, 6) is -0.101. The van der Waals surface area contributed by atoms with Crippen molar-refractivity contribution >= 4 is 27.5 Å². The summed E-state index contributed by atoms with van der Waals surface area (Å²) in [6, 6.07) is 4.60. The molecule has 1 heterocycles. The summed E-state index contributed by atoms with van der Waals surface area (Å²) in [6.45, 7) is 4.07. The maximum absolute atomic E-state index is 13.8. The van der Waals surface area contributed by atoms with E-state index in [-0.39, 0.29) is 11.7 Å². The van der Waals surface area contributed by atoms with Crippen LogP contribution in [-0.4, -0.2) is 10.2 Å². The normalized spacial score (nSPS) is 11.2. The Morgan fingerprint density at radius 2 is 2.12 bits per heavy atom. The van der Waals surface area contributed by atoms with Crippen LogP contribution >= 0.6 is 27.5 Å². The van der Waals surface area contributed by atoms with Gasteiger partial charge in [-0.1, -0.05) is 31.5 Å². The molecule has 0 spiro atoms. The minimum atomic E-state index is -0.375. The van der Waals surface area contributed by atoms with Gasteiger partial charge < -0.3 is 0 Å². The van der Waals surface area contributed by atoms with Crippen LogP contribution in [0.25, 0.3) is 11.3 Å². The van der Waals surface area contributed by atoms with E-state index in [2.05, 4.69) is 26.1 Å². The molecule has 0 saturated heterocycles. The van der Waals surface area contributed by atoms with Gasteiger partial charge in [-0.2, -0.15) is 5.10 Å². The first-order chi connectivity index (χ1) is 8.02. The highest BCUT2D eigenvalue weighted by Gasteiger charge is 2.19. The summed E-state index contributed by atoms with van der Waals surface area (Å²) >= 11 is 9.45. The molecular formula is C12H11BrClFN2. The molecule has 0 aliphatic rings. The van der Waals surface area contributed by atoms with Crippen molar-refractivity contribution in [1.82, 2.24) is 10.2 Å². The van der Waals surface area contributed by atoms with Crippen molar-refractivity contribution in [1.29, 1.82) is 0 Å². The van der Waals surface area contributed by atoms with Gasteiger partial charge >= 0.3 is 0 Å². The van der Waals surface area contributed by atoms with Gasteiger partial charge in [-0.25, -0.2) is 4.39 Å². The second-order valence-corrected chi connectivity index (χ2v) is 5.25. The molecule has 2 nitrogen and oxygen atoms in total. The first-order valence-corrected chi connectivity index (χ1v) is 6.37. The number of aromatic amines is 1. The van der Waals surface area contributed by atoms with Gasteiger partial charge in [-0.3, -0.25) is 5.10 Å². The van der Waals surface area contributed by atoms with Crippen molar-refractivity contribution in [3.63, 3.8) is 0 Å². The van der Waals surface area contributed by atoms with E-state index in [0.717, 1.165) is 10.2 Å². The number of rotatable bonds is 2. The fraction of sp³-hybridized carbons (Fsp3) is 0.250. The van der Waals surface area contributed by atoms with Crippen molar-refractivity contribution in [3.05, 3.63) is 39.2 Å². The highest BCUT2D eigenvalue weighted by atomic mass is 79.9. The average molecular weight is 318 g/mol. The van der Waals surface area contributed by atoms with Gasteiger partial charge in [0.2, 0.25) is 0 Å². The van der Waals surface area contributed by atoms with Crippen molar-refractivity contribution in [2.45, 2.75) is 19.8 Å². The third-order valence-corrected chi connectivity index (χ3v) is 3.63. The fourth-order valence-electron chi connectivity index (χ4n) is 1.61. The molecule has 0 radical (unpaired) electrons. The standard InChI is InChI=1S/C12H11BrClFN2/c1-6(2)11-10(13)12(17-16-11)9-7(14)4-3-5-8(9)15/h3-6H,1-2H3,(H,16,17). The van der Waals surface area contributed by atoms with Gasteiger partial charge in [0.05, 0.1) is 20.8 Å². The minimum absolute atomic E-state index is 0.274. The lowest BCUT2D eigenvalue weighted by Gasteiger charge is -2.04. The second-order valence-electron chi connectivity index (χ2n) is 4.05. The van der Waals surface area contributed by atoms with Crippen LogP contribution < -0.4 is 0 Å². The SMILES string of the molecule is CC(C)c1[nH]nc(-c2c(F)cccc2Cl)c1Br. The van der Waals surface area contributed by atoms with E-state index in [0.29, 0.717) is 16.3 Å². The molecule has 0 amide bonds. The summed E-state index contributed by atoms with van der Waals surface area (Å²) in [5, 5.41) is 7.39. The number of hydrogen-bond donors (Lipinski definition) is 1. The number of benzene rings is 1. The Morgan fingerprint density at radius 1 is 1.41 bits per heavy atom. The molecule has 0 bridgehead atoms. The molecule has 1 aromatic heterocycles. The molecule has 0 saturated carbocycles. The summed E-state index contributed by atoms with van der Waals surface area (Å²) in [7, 11) is 0. The van der Waals surface area contributed by atoms with Crippen LogP contribution in [0, 0.1) is 5.82 Å². The van der Waals surface area contributed by atoms with Crippen molar-refractivity contribution in [2.75, 3.05) is 0 Å². The maximum Gasteiger partial charge on any atom is 0.134 e. The molecule has 0 unspecified atom stereocenters. The second kappa shape index (κ2) is 4.78. The lowest BCUT2D eigenvalue weighted by molar-refractivity contribution is 0.630. The molecule has 1 N–H and O–H groups in total. The monoisotopic (exact) mass is 316 g/mol. The Bertz CT molecular complexity index is 531. The van der Waals surface area contributed by atoms with Gasteiger partial charge in [-0.15, -0.1) is 0 Å². The summed E-state index contributed by atoms with van der Waals surface area (Å²) in [5.41, 5.74) is 1.76. The summed E-state index contributed by atoms with van der Waals surface area (Å²) < 4.78 is 14.5. The first-order valence-electron chi connectivity index (χ1n) is 5.20. The van der Waals surface area contributed by atoms with E-state index in [1.54, 1.807) is 12.1 Å². The molecule has 17 heavy (non-hydrogen) atoms. The van der Waals surface area contributed by atoms with Crippen LogP contribution in [0.15, 0.2) is 22.7 Å². The Morgan fingerprint density at radius 3 is 2.65 bits per heavy atom. The van der Waals surface area contributed by atoms with Gasteiger partial charge in [0.1, 0.15) is 11.5 Å². The minimum Gasteiger partial charge on any atom is -0.280 e. The number of halogens is 3. The quantitative estimate of drug-likeness (QED) is 0.850. The predicted octanol–water partition coefficient (Wildman–Crippen LogP) is 4.76. The van der Waals surface area contributed by atoms with Gasteiger partial charge in [0.25, 0.3) is 0 Å².